The molecule has 11 nitrogen and oxygen atoms in total. The van der Waals surface area contributed by atoms with Crippen LogP contribution in [0.1, 0.15) is 34.6 Å². The summed E-state index contributed by atoms with van der Waals surface area (Å²) in [7, 11) is 0. The molecule has 0 spiro atoms. The molecule has 1 aromatic rings. The Balaban J connectivity index is 2.16. The molecule has 1 aliphatic heterocycles. The fourth-order valence-corrected chi connectivity index (χ4v) is 3.78. The first kappa shape index (κ1) is 27.1. The Morgan fingerprint density at radius 2 is 1.88 bits per heavy atom. The predicted molar refractivity (Wildman–Crippen MR) is 122 cm³/mol. The van der Waals surface area contributed by atoms with E-state index in [2.05, 4.69) is 8.75 Å². The van der Waals surface area contributed by atoms with E-state index < -0.39 is 29.7 Å². The number of morpholine rings is 1. The Bertz CT molecular complexity index is 811. The summed E-state index contributed by atoms with van der Waals surface area (Å²) in [6.07, 6.45) is -1.98. The van der Waals surface area contributed by atoms with Crippen LogP contribution in [0.4, 0.5) is 5.82 Å². The van der Waals surface area contributed by atoms with E-state index >= 15 is 0 Å². The van der Waals surface area contributed by atoms with Crippen molar-refractivity contribution in [3.8, 4) is 5.88 Å². The Morgan fingerprint density at radius 3 is 2.45 bits per heavy atom. The summed E-state index contributed by atoms with van der Waals surface area (Å²) < 4.78 is 30.2. The Hall–Kier alpha value is -2.18. The van der Waals surface area contributed by atoms with Gasteiger partial charge in [-0.2, -0.15) is 4.37 Å². The van der Waals surface area contributed by atoms with E-state index in [1.807, 2.05) is 25.7 Å². The van der Waals surface area contributed by atoms with Crippen LogP contribution >= 0.6 is 23.3 Å². The zero-order valence-corrected chi connectivity index (χ0v) is 21.1. The molecule has 0 N–H and O–H groups in total. The molecule has 0 saturated carbocycles. The van der Waals surface area contributed by atoms with Gasteiger partial charge in [-0.15, -0.1) is 16.0 Å². The first-order valence-corrected chi connectivity index (χ1v) is 11.8. The van der Waals surface area contributed by atoms with E-state index in [1.165, 1.54) is 18.7 Å². The van der Waals surface area contributed by atoms with Gasteiger partial charge in [0.2, 0.25) is 11.7 Å². The van der Waals surface area contributed by atoms with Crippen molar-refractivity contribution in [2.75, 3.05) is 50.2 Å². The Kier molecular flexibility index (Phi) is 10.1. The number of anilines is 1. The van der Waals surface area contributed by atoms with Crippen molar-refractivity contribution < 1.29 is 33.3 Å². The van der Waals surface area contributed by atoms with Crippen LogP contribution in [0.5, 0.6) is 5.88 Å². The lowest BCUT2D eigenvalue weighted by Crippen LogP contribution is -2.52. The van der Waals surface area contributed by atoms with Crippen molar-refractivity contribution in [3.05, 3.63) is 0 Å². The highest BCUT2D eigenvalue weighted by Gasteiger charge is 2.32. The van der Waals surface area contributed by atoms with Gasteiger partial charge in [0.1, 0.15) is 12.5 Å². The maximum atomic E-state index is 12.5. The van der Waals surface area contributed by atoms with Gasteiger partial charge in [-0.25, -0.2) is 4.79 Å². The minimum Gasteiger partial charge on any atom is -0.470 e. The van der Waals surface area contributed by atoms with E-state index in [1.54, 1.807) is 0 Å². The van der Waals surface area contributed by atoms with Gasteiger partial charge in [-0.05, 0) is 27.7 Å². The lowest BCUT2D eigenvalue weighted by molar-refractivity contribution is -0.172. The molecule has 33 heavy (non-hydrogen) atoms. The molecule has 2 rings (SSSR count). The molecule has 0 radical (unpaired) electrons. The van der Waals surface area contributed by atoms with Crippen molar-refractivity contribution in [1.82, 2.24) is 13.6 Å². The molecule has 1 aliphatic rings. The zero-order valence-electron chi connectivity index (χ0n) is 19.5. The first-order valence-electron chi connectivity index (χ1n) is 10.5. The average molecular weight is 507 g/mol. The molecule has 1 amide bonds. The third-order valence-electron chi connectivity index (χ3n) is 4.73. The number of nitrogens with zero attached hydrogens (tertiary/aromatic N) is 4. The van der Waals surface area contributed by atoms with Gasteiger partial charge in [-0.3, -0.25) is 9.59 Å². The van der Waals surface area contributed by atoms with Gasteiger partial charge in [-0.1, -0.05) is 0 Å². The van der Waals surface area contributed by atoms with Crippen LogP contribution in [0.25, 0.3) is 0 Å². The highest BCUT2D eigenvalue weighted by atomic mass is 35.5. The summed E-state index contributed by atoms with van der Waals surface area (Å²) in [6.45, 7) is 10.5. The molecule has 1 fully saturated rings. The zero-order chi connectivity index (χ0) is 24.6. The number of hydrogen-bond donors (Lipinski definition) is 0. The van der Waals surface area contributed by atoms with Gasteiger partial charge in [0, 0.05) is 25.6 Å². The first-order chi connectivity index (χ1) is 15.5. The second-order valence-corrected chi connectivity index (χ2v) is 9.22. The number of halogens is 1. The van der Waals surface area contributed by atoms with Crippen LogP contribution in [-0.4, -0.2) is 94.6 Å². The van der Waals surface area contributed by atoms with E-state index in [9.17, 15) is 14.4 Å². The lowest BCUT2D eigenvalue weighted by Gasteiger charge is -2.37. The van der Waals surface area contributed by atoms with Crippen LogP contribution in [0.2, 0.25) is 0 Å². The summed E-state index contributed by atoms with van der Waals surface area (Å²) >= 11 is 6.80. The number of esters is 2. The summed E-state index contributed by atoms with van der Waals surface area (Å²) in [5, 5.41) is 0. The van der Waals surface area contributed by atoms with Crippen molar-refractivity contribution in [2.24, 2.45) is 0 Å². The Morgan fingerprint density at radius 1 is 1.21 bits per heavy atom. The SMILES string of the molecule is CC(=O)O[C@H](C)C(=O)O[C@H](COc1nsnc1N1CCOCC1)CN(C(=O)CCl)C(C)(C)C. The van der Waals surface area contributed by atoms with Gasteiger partial charge < -0.3 is 28.7 Å². The molecule has 0 bridgehead atoms. The smallest absolute Gasteiger partial charge is 0.347 e. The van der Waals surface area contributed by atoms with Gasteiger partial charge >= 0.3 is 11.9 Å². The second kappa shape index (κ2) is 12.3. The van der Waals surface area contributed by atoms with Gasteiger partial charge in [0.25, 0.3) is 5.88 Å². The molecule has 2 atom stereocenters. The molecular formula is C20H31ClN4O7S. The van der Waals surface area contributed by atoms with E-state index in [0.29, 0.717) is 38.0 Å². The summed E-state index contributed by atoms with van der Waals surface area (Å²) in [6, 6.07) is 0. The van der Waals surface area contributed by atoms with Crippen LogP contribution in [0, 0.1) is 0 Å². The lowest BCUT2D eigenvalue weighted by atomic mass is 10.1. The summed E-state index contributed by atoms with van der Waals surface area (Å²) in [4.78, 5) is 39.7. The Labute approximate surface area is 202 Å². The second-order valence-electron chi connectivity index (χ2n) is 8.42. The molecule has 13 heteroatoms. The molecule has 2 heterocycles. The highest BCUT2D eigenvalue weighted by molar-refractivity contribution is 6.99. The van der Waals surface area contributed by atoms with Crippen molar-refractivity contribution >= 4 is 47.0 Å². The highest BCUT2D eigenvalue weighted by Crippen LogP contribution is 2.27. The number of ether oxygens (including phenoxy) is 4. The number of amides is 1. The quantitative estimate of drug-likeness (QED) is 0.340. The number of hydrogen-bond acceptors (Lipinski definition) is 11. The van der Waals surface area contributed by atoms with Gasteiger partial charge in [0.05, 0.1) is 31.5 Å². The van der Waals surface area contributed by atoms with E-state index in [0.717, 1.165) is 11.7 Å². The predicted octanol–water partition coefficient (Wildman–Crippen LogP) is 1.48. The molecule has 1 aromatic heterocycles. The van der Waals surface area contributed by atoms with Crippen LogP contribution in [-0.2, 0) is 28.6 Å². The summed E-state index contributed by atoms with van der Waals surface area (Å²) in [5.41, 5.74) is -0.584. The monoisotopic (exact) mass is 506 g/mol. The molecular weight excluding hydrogens is 476 g/mol. The van der Waals surface area contributed by atoms with Crippen molar-refractivity contribution in [2.45, 2.75) is 52.4 Å². The minimum atomic E-state index is -1.11. The van der Waals surface area contributed by atoms with Crippen LogP contribution in [0.15, 0.2) is 0 Å². The fraction of sp³-hybridized carbons (Fsp3) is 0.750. The minimum absolute atomic E-state index is 0.0258. The largest absolute Gasteiger partial charge is 0.470 e. The third-order valence-corrected chi connectivity index (χ3v) is 5.46. The molecule has 0 aromatic carbocycles. The number of carbonyl (C=O) groups excluding carboxylic acids is 3. The topological polar surface area (TPSA) is 120 Å². The normalized spacial score (nSPS) is 16.0. The number of alkyl halides is 1. The van der Waals surface area contributed by atoms with Crippen LogP contribution in [0.3, 0.4) is 0 Å². The van der Waals surface area contributed by atoms with Crippen LogP contribution < -0.4 is 9.64 Å². The number of carbonyl (C=O) groups is 3. The number of aromatic nitrogens is 2. The average Bonchev–Trinajstić information content (AvgIpc) is 3.22. The van der Waals surface area contributed by atoms with E-state index in [-0.39, 0.29) is 24.9 Å². The van der Waals surface area contributed by atoms with Crippen molar-refractivity contribution in [3.63, 3.8) is 0 Å². The van der Waals surface area contributed by atoms with Gasteiger partial charge in [0.15, 0.2) is 12.2 Å². The fourth-order valence-electron chi connectivity index (χ4n) is 3.11. The molecule has 0 aliphatic carbocycles. The van der Waals surface area contributed by atoms with E-state index in [4.69, 9.17) is 30.5 Å². The van der Waals surface area contributed by atoms with Crippen molar-refractivity contribution in [1.29, 1.82) is 0 Å². The number of rotatable bonds is 10. The standard InChI is InChI=1S/C20H31ClN4O7S/c1-13(31-14(2)26)19(28)32-15(11-25(16(27)10-21)20(3,4)5)12-30-18-17(22-33-23-18)24-6-8-29-9-7-24/h13,15H,6-12H2,1-5H3/t13-,15+/m1/s1. The maximum absolute atomic E-state index is 12.5. The summed E-state index contributed by atoms with van der Waals surface area (Å²) in [5.74, 6) is -1.00. The maximum Gasteiger partial charge on any atom is 0.347 e. The molecule has 1 saturated heterocycles. The third kappa shape index (κ3) is 8.27. The molecule has 186 valence electrons. The molecule has 0 unspecified atom stereocenters.